The van der Waals surface area contributed by atoms with Gasteiger partial charge in [0.1, 0.15) is 5.75 Å². The van der Waals surface area contributed by atoms with Crippen molar-refractivity contribution in [2.24, 2.45) is 0 Å². The number of ketones is 1. The zero-order valence-electron chi connectivity index (χ0n) is 9.05. The van der Waals surface area contributed by atoms with E-state index in [-0.39, 0.29) is 25.3 Å². The minimum absolute atomic E-state index is 0.0249. The Labute approximate surface area is 97.6 Å². The van der Waals surface area contributed by atoms with Gasteiger partial charge < -0.3 is 14.7 Å². The third kappa shape index (κ3) is 1.46. The Kier molecular flexibility index (Phi) is 1.92. The summed E-state index contributed by atoms with van der Waals surface area (Å²) >= 11 is 0. The molecule has 1 saturated heterocycles. The molecular formula is C12H11NO4. The molecule has 2 heterocycles. The van der Waals surface area contributed by atoms with Gasteiger partial charge in [-0.15, -0.1) is 0 Å². The third-order valence-electron chi connectivity index (χ3n) is 3.23. The molecule has 1 aromatic carbocycles. The van der Waals surface area contributed by atoms with Crippen LogP contribution in [0.15, 0.2) is 24.3 Å². The van der Waals surface area contributed by atoms with Gasteiger partial charge in [-0.05, 0) is 12.1 Å². The molecule has 0 aliphatic carbocycles. The van der Waals surface area contributed by atoms with E-state index in [1.165, 1.54) is 4.90 Å². The quantitative estimate of drug-likeness (QED) is 0.735. The number of amides is 1. The number of para-hydroxylation sites is 1. The molecule has 0 atom stereocenters. The second-order valence-electron chi connectivity index (χ2n) is 4.52. The Balaban J connectivity index is 1.86. The highest BCUT2D eigenvalue weighted by Gasteiger charge is 2.51. The maximum Gasteiger partial charge on any atom is 0.407 e. The van der Waals surface area contributed by atoms with Crippen LogP contribution in [0.5, 0.6) is 5.75 Å². The van der Waals surface area contributed by atoms with E-state index in [1.54, 1.807) is 24.3 Å². The fourth-order valence-corrected chi connectivity index (χ4v) is 2.40. The van der Waals surface area contributed by atoms with Crippen molar-refractivity contribution in [1.29, 1.82) is 0 Å². The summed E-state index contributed by atoms with van der Waals surface area (Å²) in [5.74, 6) is 0.589. The number of fused-ring (bicyclic) bond motifs is 1. The van der Waals surface area contributed by atoms with Crippen LogP contribution >= 0.6 is 0 Å². The fraction of sp³-hybridized carbons (Fsp3) is 0.333. The summed E-state index contributed by atoms with van der Waals surface area (Å²) in [7, 11) is 0. The number of carbonyl (C=O) groups is 2. The third-order valence-corrected chi connectivity index (χ3v) is 3.23. The summed E-state index contributed by atoms with van der Waals surface area (Å²) in [4.78, 5) is 23.9. The number of hydrogen-bond donors (Lipinski definition) is 1. The number of Topliss-reactive ketones (excluding diaryl/α,β-unsaturated/α-hetero) is 1. The molecule has 3 rings (SSSR count). The first kappa shape index (κ1) is 10.1. The first-order valence-corrected chi connectivity index (χ1v) is 5.39. The maximum atomic E-state index is 11.9. The minimum atomic E-state index is -0.967. The number of rotatable bonds is 0. The largest absolute Gasteiger partial charge is 0.482 e. The standard InChI is InChI=1S/C12H11NO4/c14-9-5-12(6-13(7-12)11(15)16)17-10-4-2-1-3-8(9)10/h1-4H,5-7H2,(H,15,16). The molecule has 0 radical (unpaired) electrons. The Morgan fingerprint density at radius 3 is 2.76 bits per heavy atom. The molecular weight excluding hydrogens is 222 g/mol. The van der Waals surface area contributed by atoms with Crippen LogP contribution < -0.4 is 4.74 Å². The van der Waals surface area contributed by atoms with Gasteiger partial charge in [-0.25, -0.2) is 4.79 Å². The van der Waals surface area contributed by atoms with Crippen LogP contribution in [0.25, 0.3) is 0 Å². The molecule has 1 N–H and O–H groups in total. The molecule has 1 amide bonds. The average molecular weight is 233 g/mol. The lowest BCUT2D eigenvalue weighted by Gasteiger charge is -2.49. The first-order chi connectivity index (χ1) is 8.10. The van der Waals surface area contributed by atoms with Crippen molar-refractivity contribution in [3.63, 3.8) is 0 Å². The summed E-state index contributed by atoms with van der Waals surface area (Å²) in [6, 6.07) is 7.08. The molecule has 2 aliphatic rings. The van der Waals surface area contributed by atoms with E-state index < -0.39 is 11.7 Å². The molecule has 5 heteroatoms. The van der Waals surface area contributed by atoms with Gasteiger partial charge in [-0.2, -0.15) is 0 Å². The van der Waals surface area contributed by atoms with Crippen LogP contribution in [0.2, 0.25) is 0 Å². The highest BCUT2D eigenvalue weighted by Crippen LogP contribution is 2.38. The Morgan fingerprint density at radius 1 is 1.35 bits per heavy atom. The number of carbonyl (C=O) groups excluding carboxylic acids is 1. The van der Waals surface area contributed by atoms with Crippen molar-refractivity contribution in [2.75, 3.05) is 13.1 Å². The highest BCUT2D eigenvalue weighted by atomic mass is 16.5. The van der Waals surface area contributed by atoms with Gasteiger partial charge in [0, 0.05) is 0 Å². The highest BCUT2D eigenvalue weighted by molar-refractivity contribution is 6.00. The van der Waals surface area contributed by atoms with Gasteiger partial charge in [0.05, 0.1) is 25.1 Å². The topological polar surface area (TPSA) is 66.8 Å². The van der Waals surface area contributed by atoms with Crippen molar-refractivity contribution in [2.45, 2.75) is 12.0 Å². The van der Waals surface area contributed by atoms with Crippen molar-refractivity contribution in [1.82, 2.24) is 4.90 Å². The molecule has 17 heavy (non-hydrogen) atoms. The summed E-state index contributed by atoms with van der Waals surface area (Å²) in [6.45, 7) is 0.533. The number of ether oxygens (including phenoxy) is 1. The SMILES string of the molecule is O=C1CC2(CN(C(=O)O)C2)Oc2ccccc21. The molecule has 88 valence electrons. The Morgan fingerprint density at radius 2 is 2.06 bits per heavy atom. The molecule has 5 nitrogen and oxygen atoms in total. The molecule has 1 aromatic rings. The molecule has 0 bridgehead atoms. The second-order valence-corrected chi connectivity index (χ2v) is 4.52. The lowest BCUT2D eigenvalue weighted by Crippen LogP contribution is -2.67. The van der Waals surface area contributed by atoms with Crippen LogP contribution in [0.3, 0.4) is 0 Å². The van der Waals surface area contributed by atoms with E-state index in [9.17, 15) is 9.59 Å². The van der Waals surface area contributed by atoms with Crippen molar-refractivity contribution in [3.8, 4) is 5.75 Å². The number of nitrogens with zero attached hydrogens (tertiary/aromatic N) is 1. The van der Waals surface area contributed by atoms with E-state index in [4.69, 9.17) is 9.84 Å². The smallest absolute Gasteiger partial charge is 0.407 e. The van der Waals surface area contributed by atoms with Crippen molar-refractivity contribution < 1.29 is 19.4 Å². The van der Waals surface area contributed by atoms with Gasteiger partial charge in [0.2, 0.25) is 0 Å². The average Bonchev–Trinajstić information content (AvgIpc) is 2.25. The van der Waals surface area contributed by atoms with Crippen molar-refractivity contribution in [3.05, 3.63) is 29.8 Å². The summed E-state index contributed by atoms with van der Waals surface area (Å²) in [6.07, 6.45) is -0.709. The zero-order valence-corrected chi connectivity index (χ0v) is 9.05. The lowest BCUT2D eigenvalue weighted by atomic mass is 9.84. The van der Waals surface area contributed by atoms with Gasteiger partial charge in [-0.1, -0.05) is 12.1 Å². The van der Waals surface area contributed by atoms with Crippen LogP contribution in [0.4, 0.5) is 4.79 Å². The lowest BCUT2D eigenvalue weighted by molar-refractivity contribution is -0.0684. The van der Waals surface area contributed by atoms with E-state index in [2.05, 4.69) is 0 Å². The predicted molar refractivity (Wildman–Crippen MR) is 58.3 cm³/mol. The minimum Gasteiger partial charge on any atom is -0.482 e. The fourth-order valence-electron chi connectivity index (χ4n) is 2.40. The summed E-state index contributed by atoms with van der Waals surface area (Å²) < 4.78 is 5.78. The predicted octanol–water partition coefficient (Wildman–Crippen LogP) is 1.38. The first-order valence-electron chi connectivity index (χ1n) is 5.39. The van der Waals surface area contributed by atoms with E-state index in [1.807, 2.05) is 0 Å². The van der Waals surface area contributed by atoms with Gasteiger partial charge in [0.15, 0.2) is 11.4 Å². The summed E-state index contributed by atoms with van der Waals surface area (Å²) in [5, 5.41) is 8.79. The van der Waals surface area contributed by atoms with Gasteiger partial charge >= 0.3 is 6.09 Å². The second kappa shape index (κ2) is 3.23. The molecule has 2 aliphatic heterocycles. The van der Waals surface area contributed by atoms with Gasteiger partial charge in [0.25, 0.3) is 0 Å². The van der Waals surface area contributed by atoms with Crippen molar-refractivity contribution >= 4 is 11.9 Å². The number of benzene rings is 1. The monoisotopic (exact) mass is 233 g/mol. The molecule has 1 spiro atoms. The maximum absolute atomic E-state index is 11.9. The zero-order chi connectivity index (χ0) is 12.0. The summed E-state index contributed by atoms with van der Waals surface area (Å²) in [5.41, 5.74) is -0.0454. The number of likely N-dealkylation sites (tertiary alicyclic amines) is 1. The number of carboxylic acid groups (broad SMARTS) is 1. The molecule has 0 aromatic heterocycles. The Hall–Kier alpha value is -2.04. The molecule has 0 saturated carbocycles. The molecule has 1 fully saturated rings. The number of hydrogen-bond acceptors (Lipinski definition) is 3. The van der Waals surface area contributed by atoms with E-state index in [0.717, 1.165) is 0 Å². The van der Waals surface area contributed by atoms with E-state index in [0.29, 0.717) is 11.3 Å². The van der Waals surface area contributed by atoms with E-state index >= 15 is 0 Å². The molecule has 0 unspecified atom stereocenters. The van der Waals surface area contributed by atoms with Crippen LogP contribution in [-0.4, -0.2) is 40.6 Å². The van der Waals surface area contributed by atoms with Crippen LogP contribution in [-0.2, 0) is 0 Å². The normalized spacial score (nSPS) is 20.5. The van der Waals surface area contributed by atoms with Gasteiger partial charge in [-0.3, -0.25) is 4.79 Å². The van der Waals surface area contributed by atoms with Crippen LogP contribution in [0.1, 0.15) is 16.8 Å². The Bertz CT molecular complexity index is 505. The van der Waals surface area contributed by atoms with Crippen LogP contribution in [0, 0.1) is 0 Å².